The molecule has 2 aromatic rings. The van der Waals surface area contributed by atoms with Crippen molar-refractivity contribution in [1.29, 1.82) is 0 Å². The first-order chi connectivity index (χ1) is 15.3. The van der Waals surface area contributed by atoms with Gasteiger partial charge in [0.15, 0.2) is 11.5 Å². The summed E-state index contributed by atoms with van der Waals surface area (Å²) in [5.41, 5.74) is 3.83. The molecule has 2 saturated heterocycles. The van der Waals surface area contributed by atoms with Gasteiger partial charge < -0.3 is 29.8 Å². The maximum atomic E-state index is 6.02. The van der Waals surface area contributed by atoms with Crippen LogP contribution in [0.25, 0.3) is 0 Å². The zero-order chi connectivity index (χ0) is 21.3. The van der Waals surface area contributed by atoms with Crippen molar-refractivity contribution in [2.24, 2.45) is 0 Å². The van der Waals surface area contributed by atoms with Gasteiger partial charge in [0.1, 0.15) is 5.82 Å². The van der Waals surface area contributed by atoms with Crippen molar-refractivity contribution in [3.8, 4) is 11.5 Å². The Hall–Kier alpha value is -2.62. The van der Waals surface area contributed by atoms with Crippen molar-refractivity contribution in [2.45, 2.75) is 31.7 Å². The Bertz CT molecular complexity index is 825. The second-order valence-electron chi connectivity index (χ2n) is 7.84. The zero-order valence-electron chi connectivity index (χ0n) is 18.1. The van der Waals surface area contributed by atoms with Crippen LogP contribution in [0.1, 0.15) is 25.7 Å². The van der Waals surface area contributed by atoms with E-state index >= 15 is 0 Å². The van der Waals surface area contributed by atoms with Crippen LogP contribution in [0.4, 0.5) is 17.5 Å². The molecule has 2 aliphatic rings. The summed E-state index contributed by atoms with van der Waals surface area (Å²) in [7, 11) is 1.65. The van der Waals surface area contributed by atoms with Crippen LogP contribution in [0.2, 0.25) is 0 Å². The molecular weight excluding hydrogens is 396 g/mol. The van der Waals surface area contributed by atoms with Gasteiger partial charge in [0.2, 0.25) is 5.95 Å². The Morgan fingerprint density at radius 2 is 2.13 bits per heavy atom. The Morgan fingerprint density at radius 3 is 2.94 bits per heavy atom. The Labute approximate surface area is 183 Å². The molecule has 4 rings (SSSR count). The monoisotopic (exact) mass is 428 g/mol. The minimum Gasteiger partial charge on any atom is -0.493 e. The molecule has 1 aromatic heterocycles. The van der Waals surface area contributed by atoms with Gasteiger partial charge in [-0.05, 0) is 57.0 Å². The summed E-state index contributed by atoms with van der Waals surface area (Å²) in [5.74, 6) is 2.72. The van der Waals surface area contributed by atoms with Crippen LogP contribution >= 0.6 is 0 Å². The summed E-state index contributed by atoms with van der Waals surface area (Å²) in [6.45, 7) is 5.64. The highest BCUT2D eigenvalue weighted by Gasteiger charge is 2.15. The smallest absolute Gasteiger partial charge is 0.229 e. The number of likely N-dealkylation sites (tertiary alicyclic amines) is 1. The molecule has 168 valence electrons. The Morgan fingerprint density at radius 1 is 1.23 bits per heavy atom. The molecule has 1 aromatic carbocycles. The third-order valence-electron chi connectivity index (χ3n) is 5.50. The molecule has 0 saturated carbocycles. The number of ether oxygens (including phenoxy) is 2. The van der Waals surface area contributed by atoms with Crippen LogP contribution in [0, 0.1) is 0 Å². The van der Waals surface area contributed by atoms with Gasteiger partial charge in [-0.3, -0.25) is 0 Å². The summed E-state index contributed by atoms with van der Waals surface area (Å²) < 4.78 is 11.5. The van der Waals surface area contributed by atoms with Crippen molar-refractivity contribution in [1.82, 2.24) is 20.3 Å². The summed E-state index contributed by atoms with van der Waals surface area (Å²) >= 11 is 0. The van der Waals surface area contributed by atoms with E-state index in [1.807, 2.05) is 24.3 Å². The third kappa shape index (κ3) is 6.43. The minimum atomic E-state index is 0.290. The standard InChI is InChI=1S/C22H32N6O3/c1-29-19-6-5-17(15-20(19)30-13-4-12-28-10-2-3-11-28)25-22-23-9-7-21(26-22)24-16-18-8-14-31-27-18/h5-7,9,15,18,27H,2-4,8,10-14,16H2,1H3,(H2,23,24,25,26). The van der Waals surface area contributed by atoms with Gasteiger partial charge in [-0.1, -0.05) is 0 Å². The molecule has 0 spiro atoms. The van der Waals surface area contributed by atoms with E-state index in [4.69, 9.17) is 14.3 Å². The zero-order valence-corrected chi connectivity index (χ0v) is 18.1. The molecule has 1 atom stereocenters. The number of methoxy groups -OCH3 is 1. The lowest BCUT2D eigenvalue weighted by Gasteiger charge is -2.16. The molecule has 3 N–H and O–H groups in total. The summed E-state index contributed by atoms with van der Waals surface area (Å²) in [4.78, 5) is 16.5. The number of nitrogens with zero attached hydrogens (tertiary/aromatic N) is 3. The number of aromatic nitrogens is 2. The van der Waals surface area contributed by atoms with E-state index in [-0.39, 0.29) is 6.04 Å². The normalized spacial score (nSPS) is 18.8. The van der Waals surface area contributed by atoms with Crippen molar-refractivity contribution < 1.29 is 14.3 Å². The molecule has 1 unspecified atom stereocenters. The number of benzene rings is 1. The predicted molar refractivity (Wildman–Crippen MR) is 120 cm³/mol. The molecule has 0 bridgehead atoms. The fraction of sp³-hybridized carbons (Fsp3) is 0.545. The van der Waals surface area contributed by atoms with E-state index in [2.05, 4.69) is 31.0 Å². The largest absolute Gasteiger partial charge is 0.493 e. The first-order valence-corrected chi connectivity index (χ1v) is 11.0. The fourth-order valence-corrected chi connectivity index (χ4v) is 3.80. The van der Waals surface area contributed by atoms with Crippen molar-refractivity contribution in [3.05, 3.63) is 30.5 Å². The molecule has 31 heavy (non-hydrogen) atoms. The number of hydrogen-bond donors (Lipinski definition) is 3. The number of rotatable bonds is 11. The average Bonchev–Trinajstić information content (AvgIpc) is 3.50. The van der Waals surface area contributed by atoms with E-state index in [1.165, 1.54) is 25.9 Å². The molecule has 2 aliphatic heterocycles. The number of anilines is 3. The van der Waals surface area contributed by atoms with Gasteiger partial charge in [-0.25, -0.2) is 4.98 Å². The average molecular weight is 429 g/mol. The summed E-state index contributed by atoms with van der Waals surface area (Å²) in [6, 6.07) is 7.89. The van der Waals surface area contributed by atoms with Crippen molar-refractivity contribution >= 4 is 17.5 Å². The molecule has 2 fully saturated rings. The quantitative estimate of drug-likeness (QED) is 0.467. The number of nitrogens with one attached hydrogen (secondary N) is 3. The van der Waals surface area contributed by atoms with Crippen molar-refractivity contribution in [2.75, 3.05) is 57.1 Å². The van der Waals surface area contributed by atoms with Crippen LogP contribution in [0.3, 0.4) is 0 Å². The highest BCUT2D eigenvalue weighted by atomic mass is 16.7. The van der Waals surface area contributed by atoms with E-state index < -0.39 is 0 Å². The lowest BCUT2D eigenvalue weighted by atomic mass is 10.2. The number of hydrogen-bond acceptors (Lipinski definition) is 9. The molecule has 9 heteroatoms. The highest BCUT2D eigenvalue weighted by Crippen LogP contribution is 2.31. The van der Waals surface area contributed by atoms with Gasteiger partial charge in [0, 0.05) is 31.0 Å². The predicted octanol–water partition coefficient (Wildman–Crippen LogP) is 2.80. The van der Waals surface area contributed by atoms with Gasteiger partial charge in [-0.15, -0.1) is 0 Å². The van der Waals surface area contributed by atoms with Crippen LogP contribution in [0.5, 0.6) is 11.5 Å². The maximum absolute atomic E-state index is 6.02. The topological polar surface area (TPSA) is 92.8 Å². The molecule has 0 radical (unpaired) electrons. The van der Waals surface area contributed by atoms with Crippen molar-refractivity contribution in [3.63, 3.8) is 0 Å². The molecule has 9 nitrogen and oxygen atoms in total. The number of hydroxylamine groups is 1. The van der Waals surface area contributed by atoms with Crippen LogP contribution in [-0.4, -0.2) is 67.4 Å². The van der Waals surface area contributed by atoms with Crippen LogP contribution < -0.4 is 25.6 Å². The third-order valence-corrected chi connectivity index (χ3v) is 5.50. The second-order valence-corrected chi connectivity index (χ2v) is 7.84. The van der Waals surface area contributed by atoms with Gasteiger partial charge >= 0.3 is 0 Å². The van der Waals surface area contributed by atoms with E-state index in [9.17, 15) is 0 Å². The minimum absolute atomic E-state index is 0.290. The molecular formula is C22H32N6O3. The lowest BCUT2D eigenvalue weighted by Crippen LogP contribution is -2.28. The second kappa shape index (κ2) is 11.1. The summed E-state index contributed by atoms with van der Waals surface area (Å²) in [6.07, 6.45) is 6.34. The molecule has 0 amide bonds. The van der Waals surface area contributed by atoms with Gasteiger partial charge in [0.05, 0.1) is 26.4 Å². The lowest BCUT2D eigenvalue weighted by molar-refractivity contribution is 0.0900. The Kier molecular flexibility index (Phi) is 7.76. The maximum Gasteiger partial charge on any atom is 0.229 e. The van der Waals surface area contributed by atoms with E-state index in [0.29, 0.717) is 18.3 Å². The van der Waals surface area contributed by atoms with E-state index in [1.54, 1.807) is 13.3 Å². The first kappa shape index (κ1) is 21.6. The molecule has 3 heterocycles. The first-order valence-electron chi connectivity index (χ1n) is 11.0. The Balaban J connectivity index is 1.32. The highest BCUT2D eigenvalue weighted by molar-refractivity contribution is 5.60. The SMILES string of the molecule is COc1ccc(Nc2nccc(NCC3CCON3)n2)cc1OCCCN1CCCC1. The van der Waals surface area contributed by atoms with E-state index in [0.717, 1.165) is 49.8 Å². The van der Waals surface area contributed by atoms with Gasteiger partial charge in [-0.2, -0.15) is 10.5 Å². The van der Waals surface area contributed by atoms with Gasteiger partial charge in [0.25, 0.3) is 0 Å². The summed E-state index contributed by atoms with van der Waals surface area (Å²) in [5, 5.41) is 6.57. The van der Waals surface area contributed by atoms with Crippen LogP contribution in [-0.2, 0) is 4.84 Å². The van der Waals surface area contributed by atoms with Crippen LogP contribution in [0.15, 0.2) is 30.5 Å². The molecule has 0 aliphatic carbocycles. The fourth-order valence-electron chi connectivity index (χ4n) is 3.80.